The van der Waals surface area contributed by atoms with E-state index in [1.165, 1.54) is 16.8 Å². The third-order valence-corrected chi connectivity index (χ3v) is 5.87. The quantitative estimate of drug-likeness (QED) is 0.850. The van der Waals surface area contributed by atoms with E-state index in [4.69, 9.17) is 4.74 Å². The molecule has 132 valence electrons. The van der Waals surface area contributed by atoms with Gasteiger partial charge >= 0.3 is 0 Å². The number of carbonyl (C=O) groups excluding carboxylic acids is 1. The van der Waals surface area contributed by atoms with Crippen LogP contribution in [0.5, 0.6) is 5.75 Å². The number of aryl methyl sites for hydroxylation is 1. The van der Waals surface area contributed by atoms with Crippen LogP contribution in [0.4, 0.5) is 0 Å². The molecule has 1 aromatic heterocycles. The van der Waals surface area contributed by atoms with Crippen molar-refractivity contribution in [2.24, 2.45) is 0 Å². The van der Waals surface area contributed by atoms with E-state index in [-0.39, 0.29) is 11.9 Å². The Morgan fingerprint density at radius 2 is 2.16 bits per heavy atom. The van der Waals surface area contributed by atoms with Crippen molar-refractivity contribution < 1.29 is 9.53 Å². The first-order valence-corrected chi connectivity index (χ1v) is 9.28. The van der Waals surface area contributed by atoms with Gasteiger partial charge in [-0.1, -0.05) is 6.07 Å². The minimum atomic E-state index is 0.162. The molecule has 0 radical (unpaired) electrons. The lowest BCUT2D eigenvalue weighted by Crippen LogP contribution is -2.41. The molecule has 0 bridgehead atoms. The molecule has 2 aromatic rings. The molecule has 1 aliphatic carbocycles. The molecule has 4 nitrogen and oxygen atoms in total. The molecular weight excluding hydrogens is 312 g/mol. The lowest BCUT2D eigenvalue weighted by atomic mass is 9.80. The minimum absolute atomic E-state index is 0.162. The van der Waals surface area contributed by atoms with Gasteiger partial charge in [0, 0.05) is 31.4 Å². The Hall–Kier alpha value is -2.23. The van der Waals surface area contributed by atoms with Crippen molar-refractivity contribution >= 4 is 5.91 Å². The average Bonchev–Trinajstić information content (AvgIpc) is 3.11. The number of rotatable bonds is 3. The molecule has 1 aromatic carbocycles. The Kier molecular flexibility index (Phi) is 4.28. The van der Waals surface area contributed by atoms with E-state index in [1.54, 1.807) is 7.11 Å². The number of amides is 1. The van der Waals surface area contributed by atoms with E-state index in [9.17, 15) is 4.79 Å². The van der Waals surface area contributed by atoms with E-state index >= 15 is 0 Å². The van der Waals surface area contributed by atoms with Crippen molar-refractivity contribution in [1.29, 1.82) is 0 Å². The van der Waals surface area contributed by atoms with Crippen molar-refractivity contribution in [2.45, 2.75) is 51.1 Å². The number of hydrogen-bond acceptors (Lipinski definition) is 2. The van der Waals surface area contributed by atoms with Gasteiger partial charge in [-0.2, -0.15) is 0 Å². The summed E-state index contributed by atoms with van der Waals surface area (Å²) >= 11 is 0. The summed E-state index contributed by atoms with van der Waals surface area (Å²) in [6, 6.07) is 10.7. The van der Waals surface area contributed by atoms with Crippen molar-refractivity contribution in [1.82, 2.24) is 9.47 Å². The van der Waals surface area contributed by atoms with Crippen LogP contribution in [0.1, 0.15) is 55.0 Å². The van der Waals surface area contributed by atoms with Gasteiger partial charge < -0.3 is 14.2 Å². The number of ether oxygens (including phenoxy) is 1. The molecule has 2 unspecified atom stereocenters. The largest absolute Gasteiger partial charge is 0.497 e. The van der Waals surface area contributed by atoms with Crippen LogP contribution in [0.25, 0.3) is 0 Å². The van der Waals surface area contributed by atoms with Crippen molar-refractivity contribution in [2.75, 3.05) is 13.7 Å². The van der Waals surface area contributed by atoms with Crippen LogP contribution in [0, 0.1) is 0 Å². The molecule has 2 atom stereocenters. The Balaban J connectivity index is 1.51. The number of nitrogens with zero attached hydrogens (tertiary/aromatic N) is 2. The molecule has 4 heteroatoms. The summed E-state index contributed by atoms with van der Waals surface area (Å²) < 4.78 is 7.61. The standard InChI is InChI=1S/C21H26N2O2/c1-15-20-7-4-10-22(20)11-12-23(15)21(24)14-17-6-3-5-16-13-18(25-2)8-9-19(16)17/h4,7-10,13,15,17H,3,5-6,11-12,14H2,1-2H3. The molecule has 2 heterocycles. The number of hydrogen-bond donors (Lipinski definition) is 0. The first-order valence-electron chi connectivity index (χ1n) is 9.28. The Morgan fingerprint density at radius 1 is 1.28 bits per heavy atom. The van der Waals surface area contributed by atoms with Crippen LogP contribution in [0.2, 0.25) is 0 Å². The van der Waals surface area contributed by atoms with Crippen LogP contribution in [0.15, 0.2) is 36.5 Å². The summed E-state index contributed by atoms with van der Waals surface area (Å²) in [7, 11) is 1.71. The van der Waals surface area contributed by atoms with E-state index in [0.717, 1.165) is 38.1 Å². The lowest BCUT2D eigenvalue weighted by molar-refractivity contribution is -0.134. The number of carbonyl (C=O) groups is 1. The molecule has 0 fully saturated rings. The second-order valence-corrected chi connectivity index (χ2v) is 7.25. The average molecular weight is 338 g/mol. The molecule has 0 N–H and O–H groups in total. The first kappa shape index (κ1) is 16.2. The van der Waals surface area contributed by atoms with Gasteiger partial charge in [-0.05, 0) is 67.5 Å². The van der Waals surface area contributed by atoms with Crippen LogP contribution in [0.3, 0.4) is 0 Å². The maximum Gasteiger partial charge on any atom is 0.223 e. The highest BCUT2D eigenvalue weighted by Gasteiger charge is 2.30. The molecule has 25 heavy (non-hydrogen) atoms. The maximum absolute atomic E-state index is 13.0. The fourth-order valence-corrected chi connectivity index (χ4v) is 4.48. The second-order valence-electron chi connectivity index (χ2n) is 7.25. The van der Waals surface area contributed by atoms with Crippen LogP contribution in [-0.2, 0) is 17.8 Å². The van der Waals surface area contributed by atoms with Crippen LogP contribution < -0.4 is 4.74 Å². The molecular formula is C21H26N2O2. The highest BCUT2D eigenvalue weighted by atomic mass is 16.5. The Labute approximate surface area is 149 Å². The lowest BCUT2D eigenvalue weighted by Gasteiger charge is -2.36. The second kappa shape index (κ2) is 6.58. The van der Waals surface area contributed by atoms with Crippen LogP contribution in [-0.4, -0.2) is 29.0 Å². The molecule has 0 saturated carbocycles. The first-order chi connectivity index (χ1) is 12.2. The Bertz CT molecular complexity index is 780. The fourth-order valence-electron chi connectivity index (χ4n) is 4.48. The molecule has 2 aliphatic rings. The topological polar surface area (TPSA) is 34.5 Å². The minimum Gasteiger partial charge on any atom is -0.497 e. The predicted molar refractivity (Wildman–Crippen MR) is 97.9 cm³/mol. The smallest absolute Gasteiger partial charge is 0.223 e. The Morgan fingerprint density at radius 3 is 3.00 bits per heavy atom. The van der Waals surface area contributed by atoms with E-state index < -0.39 is 0 Å². The third kappa shape index (κ3) is 2.94. The highest BCUT2D eigenvalue weighted by molar-refractivity contribution is 5.78. The maximum atomic E-state index is 13.0. The predicted octanol–water partition coefficient (Wildman–Crippen LogP) is 3.91. The monoisotopic (exact) mass is 338 g/mol. The summed E-state index contributed by atoms with van der Waals surface area (Å²) in [6.07, 6.45) is 6.06. The number of benzene rings is 1. The molecule has 1 amide bonds. The van der Waals surface area contributed by atoms with E-state index in [0.29, 0.717) is 12.3 Å². The van der Waals surface area contributed by atoms with Gasteiger partial charge in [0.15, 0.2) is 0 Å². The summed E-state index contributed by atoms with van der Waals surface area (Å²) in [6.45, 7) is 3.85. The van der Waals surface area contributed by atoms with E-state index in [1.807, 2.05) is 6.07 Å². The molecule has 0 spiro atoms. The summed E-state index contributed by atoms with van der Waals surface area (Å²) in [5.74, 6) is 1.54. The molecule has 4 rings (SSSR count). The van der Waals surface area contributed by atoms with Gasteiger partial charge in [0.05, 0.1) is 13.2 Å². The number of fused-ring (bicyclic) bond motifs is 2. The van der Waals surface area contributed by atoms with Gasteiger partial charge in [0.25, 0.3) is 0 Å². The normalized spacial score (nSPS) is 22.2. The number of aromatic nitrogens is 1. The summed E-state index contributed by atoms with van der Waals surface area (Å²) in [4.78, 5) is 15.1. The van der Waals surface area contributed by atoms with Gasteiger partial charge in [-0.3, -0.25) is 4.79 Å². The summed E-state index contributed by atoms with van der Waals surface area (Å²) in [5, 5.41) is 0. The third-order valence-electron chi connectivity index (χ3n) is 5.87. The van der Waals surface area contributed by atoms with Crippen LogP contribution >= 0.6 is 0 Å². The van der Waals surface area contributed by atoms with Crippen molar-refractivity contribution in [3.8, 4) is 5.75 Å². The zero-order chi connectivity index (χ0) is 17.4. The highest BCUT2D eigenvalue weighted by Crippen LogP contribution is 2.37. The summed E-state index contributed by atoms with van der Waals surface area (Å²) in [5.41, 5.74) is 3.94. The van der Waals surface area contributed by atoms with Gasteiger partial charge in [0.1, 0.15) is 5.75 Å². The molecule has 1 aliphatic heterocycles. The van der Waals surface area contributed by atoms with E-state index in [2.05, 4.69) is 46.9 Å². The molecule has 0 saturated heterocycles. The van der Waals surface area contributed by atoms with Gasteiger partial charge in [-0.15, -0.1) is 0 Å². The van der Waals surface area contributed by atoms with Crippen molar-refractivity contribution in [3.63, 3.8) is 0 Å². The zero-order valence-corrected chi connectivity index (χ0v) is 15.1. The zero-order valence-electron chi connectivity index (χ0n) is 15.1. The fraction of sp³-hybridized carbons (Fsp3) is 0.476. The SMILES string of the molecule is COc1ccc2c(c1)CCCC2CC(=O)N1CCn2cccc2C1C. The number of methoxy groups -OCH3 is 1. The van der Waals surface area contributed by atoms with Crippen molar-refractivity contribution in [3.05, 3.63) is 53.3 Å². The van der Waals surface area contributed by atoms with Gasteiger partial charge in [-0.25, -0.2) is 0 Å². The van der Waals surface area contributed by atoms with Gasteiger partial charge in [0.2, 0.25) is 5.91 Å².